The van der Waals surface area contributed by atoms with Gasteiger partial charge in [-0.3, -0.25) is 0 Å². The van der Waals surface area contributed by atoms with Gasteiger partial charge in [0.1, 0.15) is 0 Å². The van der Waals surface area contributed by atoms with Gasteiger partial charge in [0.15, 0.2) is 0 Å². The van der Waals surface area contributed by atoms with Crippen LogP contribution in [0.15, 0.2) is 18.2 Å². The molecule has 3 nitrogen and oxygen atoms in total. The number of rotatable bonds is 2. The summed E-state index contributed by atoms with van der Waals surface area (Å²) < 4.78 is 5.50. The van der Waals surface area contributed by atoms with Gasteiger partial charge in [-0.05, 0) is 36.6 Å². The van der Waals surface area contributed by atoms with Gasteiger partial charge in [0, 0.05) is 30.9 Å². The number of piperazine rings is 1. The first-order chi connectivity index (χ1) is 8.78. The van der Waals surface area contributed by atoms with Crippen LogP contribution >= 0.6 is 0 Å². The molecule has 1 aromatic carbocycles. The SMILES string of the molecule is CCC1CNC(C)CN1c1ccc2c(c1)COC2. The van der Waals surface area contributed by atoms with Crippen LogP contribution in [0.1, 0.15) is 31.4 Å². The van der Waals surface area contributed by atoms with Gasteiger partial charge < -0.3 is 15.0 Å². The molecule has 0 amide bonds. The zero-order chi connectivity index (χ0) is 12.5. The van der Waals surface area contributed by atoms with Crippen molar-refractivity contribution in [2.75, 3.05) is 18.0 Å². The average molecular weight is 246 g/mol. The highest BCUT2D eigenvalue weighted by Crippen LogP contribution is 2.28. The predicted molar refractivity (Wildman–Crippen MR) is 73.8 cm³/mol. The fourth-order valence-electron chi connectivity index (χ4n) is 2.97. The molecule has 2 atom stereocenters. The van der Waals surface area contributed by atoms with E-state index in [0.717, 1.165) is 26.3 Å². The molecule has 98 valence electrons. The summed E-state index contributed by atoms with van der Waals surface area (Å²) in [6, 6.07) is 7.99. The lowest BCUT2D eigenvalue weighted by molar-refractivity contribution is 0.134. The lowest BCUT2D eigenvalue weighted by Gasteiger charge is -2.41. The molecule has 3 rings (SSSR count). The Hall–Kier alpha value is -1.06. The Balaban J connectivity index is 1.87. The number of nitrogens with one attached hydrogen (secondary N) is 1. The highest BCUT2D eigenvalue weighted by molar-refractivity contribution is 5.53. The zero-order valence-electron chi connectivity index (χ0n) is 11.3. The van der Waals surface area contributed by atoms with Crippen LogP contribution in [-0.2, 0) is 18.0 Å². The second-order valence-electron chi connectivity index (χ2n) is 5.47. The normalized spacial score (nSPS) is 27.3. The van der Waals surface area contributed by atoms with Gasteiger partial charge in [-0.25, -0.2) is 0 Å². The Morgan fingerprint density at radius 2 is 2.17 bits per heavy atom. The second-order valence-corrected chi connectivity index (χ2v) is 5.47. The first-order valence-electron chi connectivity index (χ1n) is 6.97. The summed E-state index contributed by atoms with van der Waals surface area (Å²) in [5.74, 6) is 0. The van der Waals surface area contributed by atoms with Crippen LogP contribution < -0.4 is 10.2 Å². The van der Waals surface area contributed by atoms with Crippen LogP contribution in [0.25, 0.3) is 0 Å². The van der Waals surface area contributed by atoms with E-state index in [1.54, 1.807) is 0 Å². The highest BCUT2D eigenvalue weighted by Gasteiger charge is 2.25. The van der Waals surface area contributed by atoms with Crippen LogP contribution in [0, 0.1) is 0 Å². The summed E-state index contributed by atoms with van der Waals surface area (Å²) in [7, 11) is 0. The van der Waals surface area contributed by atoms with E-state index >= 15 is 0 Å². The Kier molecular flexibility index (Phi) is 3.27. The van der Waals surface area contributed by atoms with Crippen LogP contribution in [0.2, 0.25) is 0 Å². The fraction of sp³-hybridized carbons (Fsp3) is 0.600. The molecule has 1 aromatic rings. The Morgan fingerprint density at radius 1 is 1.33 bits per heavy atom. The maximum atomic E-state index is 5.50. The molecule has 0 bridgehead atoms. The monoisotopic (exact) mass is 246 g/mol. The zero-order valence-corrected chi connectivity index (χ0v) is 11.3. The molecule has 18 heavy (non-hydrogen) atoms. The third-order valence-corrected chi connectivity index (χ3v) is 4.12. The van der Waals surface area contributed by atoms with Gasteiger partial charge >= 0.3 is 0 Å². The van der Waals surface area contributed by atoms with Crippen molar-refractivity contribution in [3.8, 4) is 0 Å². The van der Waals surface area contributed by atoms with Gasteiger partial charge in [-0.2, -0.15) is 0 Å². The fourth-order valence-corrected chi connectivity index (χ4v) is 2.97. The quantitative estimate of drug-likeness (QED) is 0.866. The van der Waals surface area contributed by atoms with Crippen molar-refractivity contribution in [2.24, 2.45) is 0 Å². The smallest absolute Gasteiger partial charge is 0.0725 e. The Labute approximate surface area is 109 Å². The highest BCUT2D eigenvalue weighted by atomic mass is 16.5. The minimum atomic E-state index is 0.567. The van der Waals surface area contributed by atoms with E-state index < -0.39 is 0 Å². The summed E-state index contributed by atoms with van der Waals surface area (Å²) in [4.78, 5) is 2.56. The summed E-state index contributed by atoms with van der Waals surface area (Å²) in [6.07, 6.45) is 1.19. The molecule has 0 radical (unpaired) electrons. The van der Waals surface area contributed by atoms with E-state index in [9.17, 15) is 0 Å². The molecule has 3 heteroatoms. The third-order valence-electron chi connectivity index (χ3n) is 4.12. The first kappa shape index (κ1) is 12.0. The average Bonchev–Trinajstić information content (AvgIpc) is 2.85. The van der Waals surface area contributed by atoms with Crippen molar-refractivity contribution in [3.63, 3.8) is 0 Å². The van der Waals surface area contributed by atoms with E-state index in [0.29, 0.717) is 12.1 Å². The second kappa shape index (κ2) is 4.90. The van der Waals surface area contributed by atoms with Crippen molar-refractivity contribution in [2.45, 2.75) is 45.6 Å². The molecule has 1 saturated heterocycles. The van der Waals surface area contributed by atoms with Crippen molar-refractivity contribution in [1.82, 2.24) is 5.32 Å². The summed E-state index contributed by atoms with van der Waals surface area (Å²) >= 11 is 0. The van der Waals surface area contributed by atoms with E-state index in [2.05, 4.69) is 42.3 Å². The van der Waals surface area contributed by atoms with Crippen LogP contribution in [-0.4, -0.2) is 25.2 Å². The van der Waals surface area contributed by atoms with Crippen LogP contribution in [0.3, 0.4) is 0 Å². The largest absolute Gasteiger partial charge is 0.372 e. The van der Waals surface area contributed by atoms with Gasteiger partial charge in [0.2, 0.25) is 0 Å². The van der Waals surface area contributed by atoms with E-state index in [4.69, 9.17) is 4.74 Å². The molecule has 0 saturated carbocycles. The molecule has 0 spiro atoms. The van der Waals surface area contributed by atoms with E-state index in [1.807, 2.05) is 0 Å². The molecule has 2 aliphatic rings. The van der Waals surface area contributed by atoms with Gasteiger partial charge in [-0.1, -0.05) is 13.0 Å². The van der Waals surface area contributed by atoms with Gasteiger partial charge in [-0.15, -0.1) is 0 Å². The molecule has 1 N–H and O–H groups in total. The molecule has 2 aliphatic heterocycles. The summed E-state index contributed by atoms with van der Waals surface area (Å²) in [5, 5.41) is 3.57. The van der Waals surface area contributed by atoms with Gasteiger partial charge in [0.25, 0.3) is 0 Å². The van der Waals surface area contributed by atoms with E-state index in [1.165, 1.54) is 23.2 Å². The maximum Gasteiger partial charge on any atom is 0.0725 e. The third kappa shape index (κ3) is 2.13. The summed E-state index contributed by atoms with van der Waals surface area (Å²) in [5.41, 5.74) is 4.09. The Morgan fingerprint density at radius 3 is 3.00 bits per heavy atom. The summed E-state index contributed by atoms with van der Waals surface area (Å²) in [6.45, 7) is 8.27. The predicted octanol–water partition coefficient (Wildman–Crippen LogP) is 2.29. The molecule has 0 aliphatic carbocycles. The molecule has 2 unspecified atom stereocenters. The van der Waals surface area contributed by atoms with Crippen LogP contribution in [0.4, 0.5) is 5.69 Å². The van der Waals surface area contributed by atoms with Crippen molar-refractivity contribution >= 4 is 5.69 Å². The number of anilines is 1. The molecular formula is C15H22N2O. The maximum absolute atomic E-state index is 5.50. The van der Waals surface area contributed by atoms with Crippen LogP contribution in [0.5, 0.6) is 0 Å². The first-order valence-corrected chi connectivity index (χ1v) is 6.97. The van der Waals surface area contributed by atoms with Crippen molar-refractivity contribution in [3.05, 3.63) is 29.3 Å². The molecule has 1 fully saturated rings. The number of fused-ring (bicyclic) bond motifs is 1. The Bertz CT molecular complexity index is 433. The van der Waals surface area contributed by atoms with Crippen molar-refractivity contribution < 1.29 is 4.74 Å². The standard InChI is InChI=1S/C15H22N2O/c1-3-14-7-16-11(2)8-17(14)15-5-4-12-9-18-10-13(12)6-15/h4-6,11,14,16H,3,7-10H2,1-2H3. The number of hydrogen-bond donors (Lipinski definition) is 1. The van der Waals surface area contributed by atoms with E-state index in [-0.39, 0.29) is 0 Å². The molecular weight excluding hydrogens is 224 g/mol. The minimum absolute atomic E-state index is 0.567. The number of nitrogens with zero attached hydrogens (tertiary/aromatic N) is 1. The van der Waals surface area contributed by atoms with Gasteiger partial charge in [0.05, 0.1) is 13.2 Å². The topological polar surface area (TPSA) is 24.5 Å². The number of hydrogen-bond acceptors (Lipinski definition) is 3. The lowest BCUT2D eigenvalue weighted by atomic mass is 10.0. The number of benzene rings is 1. The number of ether oxygens (including phenoxy) is 1. The minimum Gasteiger partial charge on any atom is -0.372 e. The molecule has 2 heterocycles. The van der Waals surface area contributed by atoms with Crippen molar-refractivity contribution in [1.29, 1.82) is 0 Å². The molecule has 0 aromatic heterocycles. The lowest BCUT2D eigenvalue weighted by Crippen LogP contribution is -2.55.